The minimum atomic E-state index is -0.309. The van der Waals surface area contributed by atoms with Gasteiger partial charge in [0.25, 0.3) is 0 Å². The van der Waals surface area contributed by atoms with Crippen LogP contribution in [0.1, 0.15) is 35.6 Å². The van der Waals surface area contributed by atoms with Gasteiger partial charge < -0.3 is 4.90 Å². The third-order valence-electron chi connectivity index (χ3n) is 5.39. The summed E-state index contributed by atoms with van der Waals surface area (Å²) in [5.74, 6) is 0.630. The summed E-state index contributed by atoms with van der Waals surface area (Å²) in [6.45, 7) is 3.43. The summed E-state index contributed by atoms with van der Waals surface area (Å²) in [6.07, 6.45) is 3.95. The van der Waals surface area contributed by atoms with Gasteiger partial charge in [0.15, 0.2) is 5.82 Å². The zero-order valence-electron chi connectivity index (χ0n) is 16.5. The fraction of sp³-hybridized carbons (Fsp3) is 0.292. The molecule has 1 aromatic heterocycles. The second kappa shape index (κ2) is 8.52. The van der Waals surface area contributed by atoms with Crippen molar-refractivity contribution in [3.05, 3.63) is 83.4 Å². The summed E-state index contributed by atoms with van der Waals surface area (Å²) in [7, 11) is 0. The van der Waals surface area contributed by atoms with Crippen molar-refractivity contribution in [3.8, 4) is 11.4 Å². The molecular weight excluding hydrogens is 365 g/mol. The number of hydrogen-bond donors (Lipinski definition) is 0. The Morgan fingerprint density at radius 3 is 2.86 bits per heavy atom. The molecule has 0 spiro atoms. The summed E-state index contributed by atoms with van der Waals surface area (Å²) >= 11 is 0. The van der Waals surface area contributed by atoms with Gasteiger partial charge in [0.2, 0.25) is 5.91 Å². The Labute approximate surface area is 170 Å². The van der Waals surface area contributed by atoms with Crippen molar-refractivity contribution in [3.63, 3.8) is 0 Å². The van der Waals surface area contributed by atoms with E-state index in [0.717, 1.165) is 36.5 Å². The molecule has 3 aromatic rings. The second-order valence-electron chi connectivity index (χ2n) is 7.66. The van der Waals surface area contributed by atoms with E-state index in [0.29, 0.717) is 12.1 Å². The summed E-state index contributed by atoms with van der Waals surface area (Å²) in [5.41, 5.74) is 3.85. The SMILES string of the molecule is Cc1cccc(-c2nccc([C@@H]3CCCN(C(=O)Cc4cccc(F)c4)C3)n2)c1. The molecule has 0 unspecified atom stereocenters. The van der Waals surface area contributed by atoms with Crippen LogP contribution in [0.25, 0.3) is 11.4 Å². The Morgan fingerprint density at radius 1 is 1.17 bits per heavy atom. The van der Waals surface area contributed by atoms with E-state index in [1.165, 1.54) is 17.7 Å². The number of piperidine rings is 1. The van der Waals surface area contributed by atoms with Crippen LogP contribution in [0.5, 0.6) is 0 Å². The number of nitrogens with zero attached hydrogens (tertiary/aromatic N) is 3. The number of rotatable bonds is 4. The minimum Gasteiger partial charge on any atom is -0.342 e. The summed E-state index contributed by atoms with van der Waals surface area (Å²) in [4.78, 5) is 23.9. The first kappa shape index (κ1) is 19.2. The van der Waals surface area contributed by atoms with Gasteiger partial charge in [0, 0.05) is 36.5 Å². The van der Waals surface area contributed by atoms with Crippen LogP contribution < -0.4 is 0 Å². The maximum Gasteiger partial charge on any atom is 0.227 e. The number of halogens is 1. The first-order chi connectivity index (χ1) is 14.1. The standard InChI is InChI=1S/C24H24FN3O/c1-17-5-2-7-19(13-17)24-26-11-10-22(27-24)20-8-4-12-28(16-20)23(29)15-18-6-3-9-21(25)14-18/h2-3,5-7,9-11,13-14,20H,4,8,12,15-16H2,1H3/t20-/m1/s1. The van der Waals surface area contributed by atoms with Crippen LogP contribution in [-0.4, -0.2) is 33.9 Å². The Hall–Kier alpha value is -3.08. The van der Waals surface area contributed by atoms with E-state index in [1.807, 2.05) is 23.1 Å². The van der Waals surface area contributed by atoms with Gasteiger partial charge in [0.1, 0.15) is 5.82 Å². The molecule has 4 rings (SSSR count). The molecule has 0 N–H and O–H groups in total. The highest BCUT2D eigenvalue weighted by molar-refractivity contribution is 5.79. The van der Waals surface area contributed by atoms with Gasteiger partial charge in [-0.05, 0) is 49.6 Å². The first-order valence-electron chi connectivity index (χ1n) is 10.0. The van der Waals surface area contributed by atoms with Crippen molar-refractivity contribution in [2.75, 3.05) is 13.1 Å². The fourth-order valence-corrected chi connectivity index (χ4v) is 3.90. The molecule has 1 aliphatic rings. The van der Waals surface area contributed by atoms with Gasteiger partial charge in [-0.15, -0.1) is 0 Å². The molecule has 1 atom stereocenters. The maximum atomic E-state index is 13.4. The topological polar surface area (TPSA) is 46.1 Å². The zero-order chi connectivity index (χ0) is 20.2. The zero-order valence-corrected chi connectivity index (χ0v) is 16.5. The number of carbonyl (C=O) groups is 1. The molecule has 1 saturated heterocycles. The molecule has 1 aliphatic heterocycles. The van der Waals surface area contributed by atoms with E-state index in [9.17, 15) is 9.18 Å². The number of likely N-dealkylation sites (tertiary alicyclic amines) is 1. The lowest BCUT2D eigenvalue weighted by Crippen LogP contribution is -2.40. The lowest BCUT2D eigenvalue weighted by atomic mass is 9.94. The molecule has 1 amide bonds. The number of aromatic nitrogens is 2. The average molecular weight is 389 g/mol. The van der Waals surface area contributed by atoms with E-state index < -0.39 is 0 Å². The van der Waals surface area contributed by atoms with E-state index >= 15 is 0 Å². The number of aryl methyl sites for hydroxylation is 1. The van der Waals surface area contributed by atoms with Crippen LogP contribution in [0.15, 0.2) is 60.8 Å². The summed E-state index contributed by atoms with van der Waals surface area (Å²) in [5, 5.41) is 0. The molecule has 148 valence electrons. The van der Waals surface area contributed by atoms with Crippen molar-refractivity contribution in [2.24, 2.45) is 0 Å². The van der Waals surface area contributed by atoms with Crippen LogP contribution in [0, 0.1) is 12.7 Å². The predicted octanol–water partition coefficient (Wildman–Crippen LogP) is 4.54. The maximum absolute atomic E-state index is 13.4. The highest BCUT2D eigenvalue weighted by Crippen LogP contribution is 2.27. The smallest absolute Gasteiger partial charge is 0.227 e. The van der Waals surface area contributed by atoms with Gasteiger partial charge >= 0.3 is 0 Å². The molecule has 2 heterocycles. The second-order valence-corrected chi connectivity index (χ2v) is 7.66. The van der Waals surface area contributed by atoms with Crippen LogP contribution in [-0.2, 0) is 11.2 Å². The lowest BCUT2D eigenvalue weighted by molar-refractivity contribution is -0.131. The Bertz CT molecular complexity index is 1020. The first-order valence-corrected chi connectivity index (χ1v) is 10.0. The Morgan fingerprint density at radius 2 is 2.03 bits per heavy atom. The van der Waals surface area contributed by atoms with Crippen LogP contribution >= 0.6 is 0 Å². The molecule has 29 heavy (non-hydrogen) atoms. The molecule has 5 heteroatoms. The minimum absolute atomic E-state index is 0.0354. The van der Waals surface area contributed by atoms with Gasteiger partial charge in [-0.2, -0.15) is 0 Å². The molecule has 1 fully saturated rings. The summed E-state index contributed by atoms with van der Waals surface area (Å²) < 4.78 is 13.4. The van der Waals surface area contributed by atoms with Crippen molar-refractivity contribution in [1.29, 1.82) is 0 Å². The van der Waals surface area contributed by atoms with Gasteiger partial charge in [-0.1, -0.05) is 35.9 Å². The molecule has 0 bridgehead atoms. The lowest BCUT2D eigenvalue weighted by Gasteiger charge is -2.32. The van der Waals surface area contributed by atoms with Crippen molar-refractivity contribution >= 4 is 5.91 Å². The van der Waals surface area contributed by atoms with Gasteiger partial charge in [-0.25, -0.2) is 14.4 Å². The van der Waals surface area contributed by atoms with Crippen molar-refractivity contribution in [2.45, 2.75) is 32.1 Å². The van der Waals surface area contributed by atoms with Gasteiger partial charge in [0.05, 0.1) is 6.42 Å². The van der Waals surface area contributed by atoms with E-state index in [2.05, 4.69) is 24.0 Å². The van der Waals surface area contributed by atoms with Gasteiger partial charge in [-0.3, -0.25) is 4.79 Å². The highest BCUT2D eigenvalue weighted by Gasteiger charge is 2.26. The number of carbonyl (C=O) groups excluding carboxylic acids is 1. The number of hydrogen-bond acceptors (Lipinski definition) is 3. The van der Waals surface area contributed by atoms with E-state index in [1.54, 1.807) is 18.3 Å². The average Bonchev–Trinajstić information content (AvgIpc) is 2.74. The quantitative estimate of drug-likeness (QED) is 0.658. The van der Waals surface area contributed by atoms with Crippen LogP contribution in [0.2, 0.25) is 0 Å². The molecule has 0 aliphatic carbocycles. The molecule has 0 radical (unpaired) electrons. The number of benzene rings is 2. The van der Waals surface area contributed by atoms with Crippen molar-refractivity contribution in [1.82, 2.24) is 14.9 Å². The van der Waals surface area contributed by atoms with Crippen LogP contribution in [0.4, 0.5) is 4.39 Å². The molecule has 2 aromatic carbocycles. The third-order valence-corrected chi connectivity index (χ3v) is 5.39. The van der Waals surface area contributed by atoms with Crippen molar-refractivity contribution < 1.29 is 9.18 Å². The molecule has 4 nitrogen and oxygen atoms in total. The monoisotopic (exact) mass is 389 g/mol. The molecular formula is C24H24FN3O. The third kappa shape index (κ3) is 4.67. The Balaban J connectivity index is 1.48. The Kier molecular flexibility index (Phi) is 5.65. The van der Waals surface area contributed by atoms with E-state index in [-0.39, 0.29) is 24.1 Å². The van der Waals surface area contributed by atoms with Crippen LogP contribution in [0.3, 0.4) is 0 Å². The highest BCUT2D eigenvalue weighted by atomic mass is 19.1. The largest absolute Gasteiger partial charge is 0.342 e. The predicted molar refractivity (Wildman–Crippen MR) is 111 cm³/mol. The fourth-order valence-electron chi connectivity index (χ4n) is 3.90. The molecule has 0 saturated carbocycles. The van der Waals surface area contributed by atoms with E-state index in [4.69, 9.17) is 4.98 Å². The number of amides is 1. The summed E-state index contributed by atoms with van der Waals surface area (Å²) in [6, 6.07) is 16.4. The normalized spacial score (nSPS) is 16.6.